The third kappa shape index (κ3) is 3.35. The lowest BCUT2D eigenvalue weighted by Crippen LogP contribution is -2.07. The molecular formula is C15H10F6O. The summed E-state index contributed by atoms with van der Waals surface area (Å²) in [5.74, 6) is -0.344. The molecule has 0 spiro atoms. The molecular weight excluding hydrogens is 310 g/mol. The monoisotopic (exact) mass is 320 g/mol. The molecule has 7 heteroatoms. The van der Waals surface area contributed by atoms with Crippen molar-refractivity contribution >= 4 is 0 Å². The van der Waals surface area contributed by atoms with E-state index in [-0.39, 0.29) is 16.9 Å². The van der Waals surface area contributed by atoms with Crippen LogP contribution < -0.4 is 4.74 Å². The minimum Gasteiger partial charge on any atom is -0.496 e. The smallest absolute Gasteiger partial charge is 0.419 e. The normalized spacial score (nSPS) is 12.3. The quantitative estimate of drug-likeness (QED) is 0.673. The fraction of sp³-hybridized carbons (Fsp3) is 0.200. The van der Waals surface area contributed by atoms with Crippen LogP contribution in [0.1, 0.15) is 11.1 Å². The summed E-state index contributed by atoms with van der Waals surface area (Å²) in [5.41, 5.74) is -1.43. The SMILES string of the molecule is COc1ccc(-c2ccc(C(F)(F)F)cc2)cc1C(F)(F)F. The Kier molecular flexibility index (Phi) is 4.08. The Morgan fingerprint density at radius 3 is 1.73 bits per heavy atom. The molecule has 0 atom stereocenters. The third-order valence-corrected chi connectivity index (χ3v) is 3.05. The van der Waals surface area contributed by atoms with Gasteiger partial charge in [-0.15, -0.1) is 0 Å². The summed E-state index contributed by atoms with van der Waals surface area (Å²) < 4.78 is 80.9. The number of hydrogen-bond donors (Lipinski definition) is 0. The van der Waals surface area contributed by atoms with Crippen LogP contribution in [0.4, 0.5) is 26.3 Å². The zero-order chi connectivity index (χ0) is 16.5. The Labute approximate surface area is 122 Å². The van der Waals surface area contributed by atoms with Crippen LogP contribution in [0.25, 0.3) is 11.1 Å². The summed E-state index contributed by atoms with van der Waals surface area (Å²) in [6, 6.07) is 7.25. The number of halogens is 6. The first-order chi connectivity index (χ1) is 10.1. The lowest BCUT2D eigenvalue weighted by atomic mass is 10.0. The van der Waals surface area contributed by atoms with Gasteiger partial charge in [-0.05, 0) is 35.4 Å². The van der Waals surface area contributed by atoms with Gasteiger partial charge < -0.3 is 4.74 Å². The minimum absolute atomic E-state index is 0.154. The average molecular weight is 320 g/mol. The van der Waals surface area contributed by atoms with Gasteiger partial charge >= 0.3 is 12.4 Å². The second kappa shape index (κ2) is 5.55. The molecule has 0 saturated heterocycles. The van der Waals surface area contributed by atoms with E-state index in [2.05, 4.69) is 4.74 Å². The number of methoxy groups -OCH3 is 1. The third-order valence-electron chi connectivity index (χ3n) is 3.05. The Morgan fingerprint density at radius 2 is 1.27 bits per heavy atom. The molecule has 0 bridgehead atoms. The van der Waals surface area contributed by atoms with Crippen molar-refractivity contribution in [3.05, 3.63) is 53.6 Å². The van der Waals surface area contributed by atoms with E-state index in [9.17, 15) is 26.3 Å². The molecule has 0 aliphatic heterocycles. The molecule has 118 valence electrons. The molecule has 2 aromatic carbocycles. The molecule has 2 rings (SSSR count). The summed E-state index contributed by atoms with van der Waals surface area (Å²) in [5, 5.41) is 0. The standard InChI is InChI=1S/C15H10F6O/c1-22-13-7-4-10(8-12(13)15(19,20)21)9-2-5-11(6-3-9)14(16,17)18/h2-8H,1H3. The number of rotatable bonds is 2. The highest BCUT2D eigenvalue weighted by atomic mass is 19.4. The molecule has 1 nitrogen and oxygen atoms in total. The maximum absolute atomic E-state index is 12.9. The van der Waals surface area contributed by atoms with Crippen LogP contribution in [0, 0.1) is 0 Å². The van der Waals surface area contributed by atoms with Gasteiger partial charge in [0, 0.05) is 0 Å². The Hall–Kier alpha value is -2.18. The summed E-state index contributed by atoms with van der Waals surface area (Å²) in [4.78, 5) is 0. The van der Waals surface area contributed by atoms with E-state index in [1.165, 1.54) is 6.07 Å². The van der Waals surface area contributed by atoms with E-state index in [4.69, 9.17) is 0 Å². The van der Waals surface area contributed by atoms with Crippen molar-refractivity contribution in [1.29, 1.82) is 0 Å². The molecule has 2 aromatic rings. The van der Waals surface area contributed by atoms with Crippen molar-refractivity contribution < 1.29 is 31.1 Å². The molecule has 0 amide bonds. The first-order valence-electron chi connectivity index (χ1n) is 6.06. The number of alkyl halides is 6. The molecule has 0 aliphatic rings. The first-order valence-corrected chi connectivity index (χ1v) is 6.06. The van der Waals surface area contributed by atoms with Crippen molar-refractivity contribution in [2.75, 3.05) is 7.11 Å². The maximum Gasteiger partial charge on any atom is 0.419 e. The fourth-order valence-electron chi connectivity index (χ4n) is 1.96. The summed E-state index contributed by atoms with van der Waals surface area (Å²) >= 11 is 0. The maximum atomic E-state index is 12.9. The van der Waals surface area contributed by atoms with Gasteiger partial charge in [0.2, 0.25) is 0 Å². The van der Waals surface area contributed by atoms with Crippen LogP contribution in [0.2, 0.25) is 0 Å². The van der Waals surface area contributed by atoms with Gasteiger partial charge in [-0.3, -0.25) is 0 Å². The molecule has 22 heavy (non-hydrogen) atoms. The van der Waals surface area contributed by atoms with E-state index in [0.717, 1.165) is 43.5 Å². The van der Waals surface area contributed by atoms with Gasteiger partial charge in [0.05, 0.1) is 18.2 Å². The highest BCUT2D eigenvalue weighted by Gasteiger charge is 2.34. The number of benzene rings is 2. The minimum atomic E-state index is -4.62. The van der Waals surface area contributed by atoms with Gasteiger partial charge in [-0.2, -0.15) is 26.3 Å². The van der Waals surface area contributed by atoms with Crippen molar-refractivity contribution in [2.24, 2.45) is 0 Å². The molecule has 0 radical (unpaired) electrons. The molecule has 0 heterocycles. The van der Waals surface area contributed by atoms with Gasteiger partial charge in [0.1, 0.15) is 5.75 Å². The number of hydrogen-bond acceptors (Lipinski definition) is 1. The average Bonchev–Trinajstić information content (AvgIpc) is 2.45. The van der Waals surface area contributed by atoms with Crippen molar-refractivity contribution in [1.82, 2.24) is 0 Å². The van der Waals surface area contributed by atoms with Gasteiger partial charge in [0.25, 0.3) is 0 Å². The highest BCUT2D eigenvalue weighted by molar-refractivity contribution is 5.66. The van der Waals surface area contributed by atoms with E-state index < -0.39 is 23.5 Å². The molecule has 0 saturated carbocycles. The second-order valence-electron chi connectivity index (χ2n) is 4.49. The van der Waals surface area contributed by atoms with Crippen LogP contribution in [0.3, 0.4) is 0 Å². The molecule has 0 N–H and O–H groups in total. The second-order valence-corrected chi connectivity index (χ2v) is 4.49. The van der Waals surface area contributed by atoms with E-state index in [1.54, 1.807) is 0 Å². The summed E-state index contributed by atoms with van der Waals surface area (Å²) in [6.07, 6.45) is -9.11. The fourth-order valence-corrected chi connectivity index (χ4v) is 1.96. The summed E-state index contributed by atoms with van der Waals surface area (Å²) in [7, 11) is 1.11. The summed E-state index contributed by atoms with van der Waals surface area (Å²) in [6.45, 7) is 0. The highest BCUT2D eigenvalue weighted by Crippen LogP contribution is 2.39. The predicted molar refractivity (Wildman–Crippen MR) is 68.4 cm³/mol. The zero-order valence-corrected chi connectivity index (χ0v) is 11.2. The Balaban J connectivity index is 2.45. The zero-order valence-electron chi connectivity index (χ0n) is 11.2. The van der Waals surface area contributed by atoms with Gasteiger partial charge in [0.15, 0.2) is 0 Å². The molecule has 0 aromatic heterocycles. The Bertz CT molecular complexity index is 655. The van der Waals surface area contributed by atoms with Gasteiger partial charge in [-0.1, -0.05) is 18.2 Å². The molecule has 0 unspecified atom stereocenters. The van der Waals surface area contributed by atoms with Crippen molar-refractivity contribution in [3.8, 4) is 16.9 Å². The largest absolute Gasteiger partial charge is 0.496 e. The van der Waals surface area contributed by atoms with Gasteiger partial charge in [-0.25, -0.2) is 0 Å². The first kappa shape index (κ1) is 16.2. The van der Waals surface area contributed by atoms with Crippen LogP contribution in [-0.2, 0) is 12.4 Å². The van der Waals surface area contributed by atoms with Crippen LogP contribution >= 0.6 is 0 Å². The van der Waals surface area contributed by atoms with E-state index >= 15 is 0 Å². The number of ether oxygens (including phenoxy) is 1. The van der Waals surface area contributed by atoms with Crippen molar-refractivity contribution in [3.63, 3.8) is 0 Å². The Morgan fingerprint density at radius 1 is 0.727 bits per heavy atom. The molecule has 0 aliphatic carbocycles. The van der Waals surface area contributed by atoms with Crippen LogP contribution in [0.5, 0.6) is 5.75 Å². The lowest BCUT2D eigenvalue weighted by Gasteiger charge is -2.14. The predicted octanol–water partition coefficient (Wildman–Crippen LogP) is 5.40. The van der Waals surface area contributed by atoms with Crippen LogP contribution in [-0.4, -0.2) is 7.11 Å². The molecule has 0 fully saturated rings. The van der Waals surface area contributed by atoms with E-state index in [0.29, 0.717) is 0 Å². The lowest BCUT2D eigenvalue weighted by molar-refractivity contribution is -0.139. The van der Waals surface area contributed by atoms with Crippen LogP contribution in [0.15, 0.2) is 42.5 Å². The van der Waals surface area contributed by atoms with E-state index in [1.807, 2.05) is 0 Å². The topological polar surface area (TPSA) is 9.23 Å². The van der Waals surface area contributed by atoms with Crippen molar-refractivity contribution in [2.45, 2.75) is 12.4 Å².